The number of rotatable bonds is 18. The molecule has 7 nitrogen and oxygen atoms in total. The van der Waals surface area contributed by atoms with Crippen molar-refractivity contribution in [3.05, 3.63) is 0 Å². The van der Waals surface area contributed by atoms with E-state index in [0.717, 1.165) is 19.3 Å². The van der Waals surface area contributed by atoms with Gasteiger partial charge < -0.3 is 30.3 Å². The van der Waals surface area contributed by atoms with Crippen molar-refractivity contribution in [3.8, 4) is 0 Å². The van der Waals surface area contributed by atoms with Crippen LogP contribution in [0, 0.1) is 0 Å². The molecule has 0 unspecified atom stereocenters. The molecule has 5 N–H and O–H groups in total. The normalized spacial score (nSPS) is 15.9. The lowest BCUT2D eigenvalue weighted by Crippen LogP contribution is -2.47. The van der Waals surface area contributed by atoms with Crippen LogP contribution in [0.15, 0.2) is 0 Å². The van der Waals surface area contributed by atoms with Crippen LogP contribution in [-0.2, 0) is 9.53 Å². The summed E-state index contributed by atoms with van der Waals surface area (Å²) in [6, 6.07) is 0. The van der Waals surface area contributed by atoms with Crippen LogP contribution in [0.1, 0.15) is 84.0 Å². The lowest BCUT2D eigenvalue weighted by molar-refractivity contribution is -0.156. The van der Waals surface area contributed by atoms with Crippen molar-refractivity contribution in [2.24, 2.45) is 0 Å². The molecule has 162 valence electrons. The first-order chi connectivity index (χ1) is 12.9. The summed E-state index contributed by atoms with van der Waals surface area (Å²) in [6.07, 6.45) is 6.79. The van der Waals surface area contributed by atoms with Crippen LogP contribution < -0.4 is 0 Å². The van der Waals surface area contributed by atoms with Gasteiger partial charge in [-0.15, -0.1) is 0 Å². The third kappa shape index (κ3) is 14.0. The van der Waals surface area contributed by atoms with Crippen molar-refractivity contribution >= 4 is 5.97 Å². The molecular weight excluding hydrogens is 352 g/mol. The minimum atomic E-state index is -1.71. The van der Waals surface area contributed by atoms with Gasteiger partial charge in [0.05, 0.1) is 6.61 Å². The number of aliphatic hydroxyl groups is 5. The molecule has 0 amide bonds. The fourth-order valence-corrected chi connectivity index (χ4v) is 2.85. The highest BCUT2D eigenvalue weighted by Gasteiger charge is 2.30. The van der Waals surface area contributed by atoms with E-state index in [0.29, 0.717) is 0 Å². The smallest absolute Gasteiger partial charge is 0.305 e. The van der Waals surface area contributed by atoms with Crippen molar-refractivity contribution in [1.29, 1.82) is 0 Å². The van der Waals surface area contributed by atoms with E-state index in [9.17, 15) is 25.2 Å². The monoisotopic (exact) mass is 392 g/mol. The van der Waals surface area contributed by atoms with Crippen molar-refractivity contribution in [2.45, 2.75) is 108 Å². The van der Waals surface area contributed by atoms with E-state index < -0.39 is 43.6 Å². The second-order valence-electron chi connectivity index (χ2n) is 7.27. The van der Waals surface area contributed by atoms with Gasteiger partial charge in [0, 0.05) is 6.42 Å². The first kappa shape index (κ1) is 26.3. The Morgan fingerprint density at radius 1 is 0.741 bits per heavy atom. The number of esters is 1. The molecule has 27 heavy (non-hydrogen) atoms. The van der Waals surface area contributed by atoms with Crippen LogP contribution in [0.2, 0.25) is 0 Å². The maximum Gasteiger partial charge on any atom is 0.305 e. The van der Waals surface area contributed by atoms with Gasteiger partial charge in [-0.1, -0.05) is 71.1 Å². The second-order valence-corrected chi connectivity index (χ2v) is 7.27. The number of hydrogen-bond donors (Lipinski definition) is 5. The minimum absolute atomic E-state index is 0.252. The van der Waals surface area contributed by atoms with E-state index in [2.05, 4.69) is 6.92 Å². The van der Waals surface area contributed by atoms with Crippen molar-refractivity contribution in [1.82, 2.24) is 0 Å². The Balaban J connectivity index is 3.58. The third-order valence-electron chi connectivity index (χ3n) is 4.72. The Labute approximate surface area is 163 Å². The molecule has 0 aliphatic rings. The van der Waals surface area contributed by atoms with Gasteiger partial charge in [0.15, 0.2) is 0 Å². The highest BCUT2D eigenvalue weighted by Crippen LogP contribution is 2.12. The van der Waals surface area contributed by atoms with Crippen molar-refractivity contribution in [3.63, 3.8) is 0 Å². The summed E-state index contributed by atoms with van der Waals surface area (Å²) < 4.78 is 4.88. The molecule has 0 fully saturated rings. The Hall–Kier alpha value is -0.730. The summed E-state index contributed by atoms with van der Waals surface area (Å²) in [6.45, 7) is 1.01. The minimum Gasteiger partial charge on any atom is -0.463 e. The first-order valence-electron chi connectivity index (χ1n) is 10.4. The number of unbranched alkanes of at least 4 members (excludes halogenated alkanes) is 10. The fourth-order valence-electron chi connectivity index (χ4n) is 2.85. The highest BCUT2D eigenvalue weighted by molar-refractivity contribution is 5.69. The summed E-state index contributed by atoms with van der Waals surface area (Å²) in [7, 11) is 0. The Kier molecular flexibility index (Phi) is 16.9. The van der Waals surface area contributed by atoms with Gasteiger partial charge in [0.25, 0.3) is 0 Å². The molecule has 0 spiro atoms. The van der Waals surface area contributed by atoms with Gasteiger partial charge in [0.1, 0.15) is 31.0 Å². The van der Waals surface area contributed by atoms with Crippen molar-refractivity contribution in [2.75, 3.05) is 13.2 Å². The quantitative estimate of drug-likeness (QED) is 0.177. The van der Waals surface area contributed by atoms with E-state index in [1.54, 1.807) is 0 Å². The van der Waals surface area contributed by atoms with Gasteiger partial charge in [0.2, 0.25) is 0 Å². The maximum absolute atomic E-state index is 11.6. The molecule has 7 heteroatoms. The van der Waals surface area contributed by atoms with E-state index in [1.165, 1.54) is 51.4 Å². The maximum atomic E-state index is 11.6. The SMILES string of the molecule is CCCCCCCCCCCCCC(=O)OC[C@@H](O)[C@@H](O)[C@H](O)[C@H](O)CO. The van der Waals surface area contributed by atoms with Gasteiger partial charge in [-0.3, -0.25) is 4.79 Å². The lowest BCUT2D eigenvalue weighted by Gasteiger charge is -2.25. The highest BCUT2D eigenvalue weighted by atomic mass is 16.5. The summed E-state index contributed by atoms with van der Waals surface area (Å²) in [4.78, 5) is 11.6. The molecule has 0 aliphatic carbocycles. The molecule has 0 saturated heterocycles. The molecule has 0 saturated carbocycles. The van der Waals surface area contributed by atoms with Crippen LogP contribution >= 0.6 is 0 Å². The molecule has 4 atom stereocenters. The lowest BCUT2D eigenvalue weighted by atomic mass is 10.0. The van der Waals surface area contributed by atoms with Crippen LogP contribution in [0.3, 0.4) is 0 Å². The predicted molar refractivity (Wildman–Crippen MR) is 103 cm³/mol. The van der Waals surface area contributed by atoms with Gasteiger partial charge >= 0.3 is 5.97 Å². The zero-order valence-corrected chi connectivity index (χ0v) is 16.8. The summed E-state index contributed by atoms with van der Waals surface area (Å²) in [5.74, 6) is -0.464. The molecule has 0 aliphatic heterocycles. The van der Waals surface area contributed by atoms with Crippen LogP contribution in [-0.4, -0.2) is 69.1 Å². The second kappa shape index (κ2) is 17.4. The van der Waals surface area contributed by atoms with Crippen LogP contribution in [0.25, 0.3) is 0 Å². The Bertz CT molecular complexity index is 351. The number of hydrogen-bond acceptors (Lipinski definition) is 7. The van der Waals surface area contributed by atoms with Gasteiger partial charge in [-0.05, 0) is 6.42 Å². The van der Waals surface area contributed by atoms with E-state index in [4.69, 9.17) is 9.84 Å². The number of ether oxygens (including phenoxy) is 1. The van der Waals surface area contributed by atoms with Crippen LogP contribution in [0.5, 0.6) is 0 Å². The standard InChI is InChI=1S/C20H40O7/c1-2-3-4-5-6-7-8-9-10-11-12-13-18(24)27-15-17(23)20(26)19(25)16(22)14-21/h16-17,19-23,25-26H,2-15H2,1H3/t16-,17-,19-,20-/m1/s1. The molecule has 0 radical (unpaired) electrons. The third-order valence-corrected chi connectivity index (χ3v) is 4.72. The summed E-state index contributed by atoms with van der Waals surface area (Å²) in [5.41, 5.74) is 0. The van der Waals surface area contributed by atoms with Gasteiger partial charge in [-0.25, -0.2) is 0 Å². The molecule has 0 heterocycles. The molecule has 0 aromatic rings. The predicted octanol–water partition coefficient (Wildman–Crippen LogP) is 1.67. The summed E-state index contributed by atoms with van der Waals surface area (Å²) in [5, 5.41) is 46.7. The van der Waals surface area contributed by atoms with E-state index in [-0.39, 0.29) is 6.42 Å². The first-order valence-corrected chi connectivity index (χ1v) is 10.4. The molecule has 0 rings (SSSR count). The van der Waals surface area contributed by atoms with E-state index in [1.807, 2.05) is 0 Å². The zero-order valence-electron chi connectivity index (χ0n) is 16.8. The number of carbonyl (C=O) groups excluding carboxylic acids is 1. The Morgan fingerprint density at radius 2 is 1.19 bits per heavy atom. The fraction of sp³-hybridized carbons (Fsp3) is 0.950. The van der Waals surface area contributed by atoms with Crippen molar-refractivity contribution < 1.29 is 35.1 Å². The van der Waals surface area contributed by atoms with Gasteiger partial charge in [-0.2, -0.15) is 0 Å². The topological polar surface area (TPSA) is 127 Å². The molecular formula is C20H40O7. The number of aliphatic hydroxyl groups excluding tert-OH is 5. The summed E-state index contributed by atoms with van der Waals surface area (Å²) >= 11 is 0. The average molecular weight is 393 g/mol. The number of carbonyl (C=O) groups is 1. The molecule has 0 bridgehead atoms. The molecule has 0 aromatic carbocycles. The Morgan fingerprint density at radius 3 is 1.67 bits per heavy atom. The molecule has 0 aromatic heterocycles. The van der Waals surface area contributed by atoms with Crippen LogP contribution in [0.4, 0.5) is 0 Å². The largest absolute Gasteiger partial charge is 0.463 e. The average Bonchev–Trinajstić information content (AvgIpc) is 2.68. The van der Waals surface area contributed by atoms with E-state index >= 15 is 0 Å². The zero-order chi connectivity index (χ0) is 20.5.